The minimum absolute atomic E-state index is 0.115. The van der Waals surface area contributed by atoms with Crippen molar-refractivity contribution in [3.63, 3.8) is 0 Å². The van der Waals surface area contributed by atoms with Crippen molar-refractivity contribution in [2.75, 3.05) is 26.2 Å². The van der Waals surface area contributed by atoms with E-state index >= 15 is 0 Å². The van der Waals surface area contributed by atoms with Gasteiger partial charge in [0.15, 0.2) is 0 Å². The van der Waals surface area contributed by atoms with Crippen molar-refractivity contribution in [2.45, 2.75) is 23.8 Å². The zero-order valence-electron chi connectivity index (χ0n) is 11.0. The van der Waals surface area contributed by atoms with Crippen LogP contribution < -0.4 is 5.73 Å². The molecule has 0 unspecified atom stereocenters. The summed E-state index contributed by atoms with van der Waals surface area (Å²) in [6.45, 7) is 1.98. The predicted octanol–water partition coefficient (Wildman–Crippen LogP) is -0.451. The minimum atomic E-state index is -3.42. The normalized spacial score (nSPS) is 18.8. The molecule has 0 atom stereocenters. The van der Waals surface area contributed by atoms with Crippen LogP contribution in [0.1, 0.15) is 12.8 Å². The van der Waals surface area contributed by atoms with E-state index in [1.807, 2.05) is 0 Å². The first-order valence-electron chi connectivity index (χ1n) is 6.34. The molecule has 1 saturated heterocycles. The SMILES string of the molecule is Cn1cc(S(=O)(=O)N2CCC(OCCN)CC2)cn1. The van der Waals surface area contributed by atoms with Crippen LogP contribution in [0, 0.1) is 0 Å². The van der Waals surface area contributed by atoms with Crippen LogP contribution >= 0.6 is 0 Å². The molecule has 0 bridgehead atoms. The Morgan fingerprint density at radius 3 is 2.68 bits per heavy atom. The third-order valence-electron chi connectivity index (χ3n) is 3.19. The van der Waals surface area contributed by atoms with Crippen LogP contribution in [-0.4, -0.2) is 54.8 Å². The van der Waals surface area contributed by atoms with Gasteiger partial charge < -0.3 is 10.5 Å². The molecule has 1 aliphatic heterocycles. The summed E-state index contributed by atoms with van der Waals surface area (Å²) in [6, 6.07) is 0. The molecule has 2 heterocycles. The van der Waals surface area contributed by atoms with Gasteiger partial charge in [0.2, 0.25) is 10.0 Å². The first-order chi connectivity index (χ1) is 9.04. The lowest BCUT2D eigenvalue weighted by molar-refractivity contribution is 0.0257. The van der Waals surface area contributed by atoms with E-state index in [4.69, 9.17) is 10.5 Å². The summed E-state index contributed by atoms with van der Waals surface area (Å²) >= 11 is 0. The van der Waals surface area contributed by atoms with Crippen molar-refractivity contribution < 1.29 is 13.2 Å². The van der Waals surface area contributed by atoms with Crippen molar-refractivity contribution in [3.8, 4) is 0 Å². The summed E-state index contributed by atoms with van der Waals surface area (Å²) in [5, 5.41) is 3.91. The van der Waals surface area contributed by atoms with Gasteiger partial charge >= 0.3 is 0 Å². The molecule has 0 saturated carbocycles. The van der Waals surface area contributed by atoms with Crippen LogP contribution in [0.25, 0.3) is 0 Å². The molecule has 0 spiro atoms. The van der Waals surface area contributed by atoms with Gasteiger partial charge in [-0.05, 0) is 12.8 Å². The number of sulfonamides is 1. The average molecular weight is 288 g/mol. The fourth-order valence-electron chi connectivity index (χ4n) is 2.15. The third kappa shape index (κ3) is 3.33. The summed E-state index contributed by atoms with van der Waals surface area (Å²) in [4.78, 5) is 0.247. The number of hydrogen-bond acceptors (Lipinski definition) is 5. The number of ether oxygens (including phenoxy) is 1. The molecular formula is C11H20N4O3S. The Labute approximate surface area is 113 Å². The Morgan fingerprint density at radius 1 is 1.47 bits per heavy atom. The number of nitrogens with zero attached hydrogens (tertiary/aromatic N) is 3. The molecule has 1 aromatic heterocycles. The molecule has 0 amide bonds. The van der Waals surface area contributed by atoms with Gasteiger partial charge in [-0.25, -0.2) is 8.42 Å². The molecule has 7 nitrogen and oxygen atoms in total. The maximum Gasteiger partial charge on any atom is 0.246 e. The zero-order valence-corrected chi connectivity index (χ0v) is 11.8. The van der Waals surface area contributed by atoms with Gasteiger partial charge in [0.25, 0.3) is 0 Å². The summed E-state index contributed by atoms with van der Waals surface area (Å²) in [7, 11) is -1.72. The molecule has 0 aromatic carbocycles. The molecule has 1 aliphatic rings. The third-order valence-corrected chi connectivity index (χ3v) is 5.04. The summed E-state index contributed by atoms with van der Waals surface area (Å²) < 4.78 is 33.2. The summed E-state index contributed by atoms with van der Waals surface area (Å²) in [6.07, 6.45) is 4.43. The van der Waals surface area contributed by atoms with Crippen LogP contribution in [0.15, 0.2) is 17.3 Å². The lowest BCUT2D eigenvalue weighted by Crippen LogP contribution is -2.41. The number of piperidine rings is 1. The highest BCUT2D eigenvalue weighted by atomic mass is 32.2. The van der Waals surface area contributed by atoms with Crippen molar-refractivity contribution in [1.29, 1.82) is 0 Å². The Kier molecular flexibility index (Phi) is 4.56. The number of aryl methyl sites for hydroxylation is 1. The van der Waals surface area contributed by atoms with E-state index in [-0.39, 0.29) is 11.0 Å². The van der Waals surface area contributed by atoms with Crippen molar-refractivity contribution >= 4 is 10.0 Å². The fraction of sp³-hybridized carbons (Fsp3) is 0.727. The van der Waals surface area contributed by atoms with E-state index in [9.17, 15) is 8.42 Å². The highest BCUT2D eigenvalue weighted by Gasteiger charge is 2.30. The van der Waals surface area contributed by atoms with Crippen LogP contribution in [0.3, 0.4) is 0 Å². The summed E-state index contributed by atoms with van der Waals surface area (Å²) in [5.41, 5.74) is 5.38. The largest absolute Gasteiger partial charge is 0.377 e. The topological polar surface area (TPSA) is 90.5 Å². The molecular weight excluding hydrogens is 268 g/mol. The standard InChI is InChI=1S/C11H20N4O3S/c1-14-9-11(8-13-14)19(16,17)15-5-2-10(3-6-15)18-7-4-12/h8-10H,2-7,12H2,1H3. The first-order valence-corrected chi connectivity index (χ1v) is 7.78. The second-order valence-corrected chi connectivity index (χ2v) is 6.55. The van der Waals surface area contributed by atoms with Gasteiger partial charge in [-0.3, -0.25) is 4.68 Å². The zero-order chi connectivity index (χ0) is 13.9. The Morgan fingerprint density at radius 2 is 2.16 bits per heavy atom. The van der Waals surface area contributed by atoms with E-state index in [1.54, 1.807) is 7.05 Å². The van der Waals surface area contributed by atoms with Crippen LogP contribution in [0.4, 0.5) is 0 Å². The maximum atomic E-state index is 12.3. The van der Waals surface area contributed by atoms with Gasteiger partial charge in [-0.15, -0.1) is 0 Å². The number of hydrogen-bond donors (Lipinski definition) is 1. The maximum absolute atomic E-state index is 12.3. The molecule has 2 N–H and O–H groups in total. The Hall–Kier alpha value is -0.960. The number of rotatable bonds is 5. The molecule has 0 aliphatic carbocycles. The monoisotopic (exact) mass is 288 g/mol. The van der Waals surface area contributed by atoms with Crippen molar-refractivity contribution in [3.05, 3.63) is 12.4 Å². The van der Waals surface area contributed by atoms with Gasteiger partial charge in [0.05, 0.1) is 18.9 Å². The molecule has 2 rings (SSSR count). The molecule has 1 aromatic rings. The Bertz CT molecular complexity index is 506. The minimum Gasteiger partial charge on any atom is -0.377 e. The van der Waals surface area contributed by atoms with E-state index in [0.717, 1.165) is 0 Å². The highest BCUT2D eigenvalue weighted by Crippen LogP contribution is 2.21. The quantitative estimate of drug-likeness (QED) is 0.792. The van der Waals surface area contributed by atoms with Gasteiger partial charge in [0.1, 0.15) is 4.90 Å². The second kappa shape index (κ2) is 6.00. The second-order valence-electron chi connectivity index (χ2n) is 4.61. The molecule has 19 heavy (non-hydrogen) atoms. The smallest absolute Gasteiger partial charge is 0.246 e. The molecule has 108 valence electrons. The van der Waals surface area contributed by atoms with Crippen molar-refractivity contribution in [1.82, 2.24) is 14.1 Å². The summed E-state index contributed by atoms with van der Waals surface area (Å²) in [5.74, 6) is 0. The highest BCUT2D eigenvalue weighted by molar-refractivity contribution is 7.89. The lowest BCUT2D eigenvalue weighted by atomic mass is 10.1. The van der Waals surface area contributed by atoms with Crippen LogP contribution in [0.2, 0.25) is 0 Å². The van der Waals surface area contributed by atoms with Crippen molar-refractivity contribution in [2.24, 2.45) is 12.8 Å². The fourth-order valence-corrected chi connectivity index (χ4v) is 3.61. The molecule has 0 radical (unpaired) electrons. The first kappa shape index (κ1) is 14.4. The number of aromatic nitrogens is 2. The van der Waals surface area contributed by atoms with Crippen LogP contribution in [-0.2, 0) is 21.8 Å². The Balaban J connectivity index is 1.97. The van der Waals surface area contributed by atoms with E-state index in [1.165, 1.54) is 21.4 Å². The number of nitrogens with two attached hydrogens (primary N) is 1. The van der Waals surface area contributed by atoms with E-state index in [0.29, 0.717) is 39.1 Å². The molecule has 1 fully saturated rings. The average Bonchev–Trinajstić information content (AvgIpc) is 2.84. The predicted molar refractivity (Wildman–Crippen MR) is 70.0 cm³/mol. The lowest BCUT2D eigenvalue weighted by Gasteiger charge is -2.30. The van der Waals surface area contributed by atoms with Gasteiger partial charge in [0, 0.05) is 32.9 Å². The van der Waals surface area contributed by atoms with Gasteiger partial charge in [-0.1, -0.05) is 0 Å². The van der Waals surface area contributed by atoms with E-state index < -0.39 is 10.0 Å². The molecule has 8 heteroatoms. The van der Waals surface area contributed by atoms with Gasteiger partial charge in [-0.2, -0.15) is 9.40 Å². The van der Waals surface area contributed by atoms with Crippen LogP contribution in [0.5, 0.6) is 0 Å². The van der Waals surface area contributed by atoms with E-state index in [2.05, 4.69) is 5.10 Å².